The van der Waals surface area contributed by atoms with E-state index in [1.54, 1.807) is 0 Å². The van der Waals surface area contributed by atoms with Crippen LogP contribution in [0, 0.1) is 10.1 Å². The van der Waals surface area contributed by atoms with E-state index < -0.39 is 11.1 Å². The Kier molecular flexibility index (Phi) is 21.1. The Labute approximate surface area is 215 Å². The van der Waals surface area contributed by atoms with Crippen LogP contribution in [0.2, 0.25) is 0 Å². The highest BCUT2D eigenvalue weighted by Crippen LogP contribution is 2.17. The molecule has 14 heteroatoms. The van der Waals surface area contributed by atoms with Gasteiger partial charge in [-0.1, -0.05) is 0 Å². The Hall–Kier alpha value is -2.43. The first kappa shape index (κ1) is 32.6. The molecule has 0 aliphatic carbocycles. The first-order chi connectivity index (χ1) is 18.1. The van der Waals surface area contributed by atoms with Crippen molar-refractivity contribution in [2.45, 2.75) is 0 Å². The quantitative estimate of drug-likeness (QED) is 0.0625. The van der Waals surface area contributed by atoms with Crippen molar-refractivity contribution in [2.75, 3.05) is 106 Å². The van der Waals surface area contributed by atoms with Gasteiger partial charge in [-0.3, -0.25) is 10.1 Å². The summed E-state index contributed by atoms with van der Waals surface area (Å²) in [5.74, 6) is 0.142. The van der Waals surface area contributed by atoms with Crippen molar-refractivity contribution in [3.63, 3.8) is 0 Å². The Morgan fingerprint density at radius 3 is 1.32 bits per heavy atom. The average Bonchev–Trinajstić information content (AvgIpc) is 2.89. The molecule has 0 aliphatic heterocycles. The van der Waals surface area contributed by atoms with Crippen molar-refractivity contribution < 1.29 is 57.5 Å². The predicted octanol–water partition coefficient (Wildman–Crippen LogP) is 1.22. The third-order valence-corrected chi connectivity index (χ3v) is 4.16. The van der Waals surface area contributed by atoms with Crippen LogP contribution >= 0.6 is 0 Å². The number of hydrogen-bond donors (Lipinski definition) is 1. The van der Waals surface area contributed by atoms with Crippen LogP contribution in [0.5, 0.6) is 5.75 Å². The molecule has 0 aromatic heterocycles. The van der Waals surface area contributed by atoms with E-state index in [1.807, 2.05) is 0 Å². The summed E-state index contributed by atoms with van der Waals surface area (Å²) in [4.78, 5) is 21.6. The van der Waals surface area contributed by atoms with Gasteiger partial charge in [0.1, 0.15) is 12.4 Å². The zero-order valence-corrected chi connectivity index (χ0v) is 20.9. The minimum atomic E-state index is -0.926. The van der Waals surface area contributed by atoms with E-state index in [4.69, 9.17) is 47.7 Å². The molecule has 212 valence electrons. The lowest BCUT2D eigenvalue weighted by molar-refractivity contribution is -0.384. The summed E-state index contributed by atoms with van der Waals surface area (Å²) in [5.41, 5.74) is -0.105. The van der Waals surface area contributed by atoms with E-state index >= 15 is 0 Å². The van der Waals surface area contributed by atoms with Crippen molar-refractivity contribution in [1.29, 1.82) is 0 Å². The van der Waals surface area contributed by atoms with E-state index in [0.717, 1.165) is 0 Å². The molecule has 1 aromatic carbocycles. The maximum atomic E-state index is 11.5. The zero-order valence-electron chi connectivity index (χ0n) is 20.9. The van der Waals surface area contributed by atoms with E-state index in [0.29, 0.717) is 85.9 Å². The Bertz CT molecular complexity index is 690. The fraction of sp³-hybridized carbons (Fsp3) is 0.696. The molecule has 1 rings (SSSR count). The average molecular weight is 536 g/mol. The van der Waals surface area contributed by atoms with Crippen LogP contribution in [0.3, 0.4) is 0 Å². The molecule has 0 radical (unpaired) electrons. The van der Waals surface area contributed by atoms with Crippen molar-refractivity contribution in [1.82, 2.24) is 0 Å². The van der Waals surface area contributed by atoms with Crippen molar-refractivity contribution in [2.24, 2.45) is 0 Å². The minimum absolute atomic E-state index is 0.00467. The number of carbonyl (C=O) groups excluding carboxylic acids is 1. The van der Waals surface area contributed by atoms with Gasteiger partial charge in [0.25, 0.3) is 5.69 Å². The van der Waals surface area contributed by atoms with Gasteiger partial charge in [0.15, 0.2) is 0 Å². The number of aliphatic hydroxyl groups is 1. The van der Waals surface area contributed by atoms with E-state index in [1.165, 1.54) is 24.3 Å². The summed E-state index contributed by atoms with van der Waals surface area (Å²) in [5, 5.41) is 19.1. The van der Waals surface area contributed by atoms with Gasteiger partial charge in [-0.15, -0.1) is 0 Å². The number of benzene rings is 1. The number of aliphatic hydroxyl groups excluding tert-OH is 1. The number of nitrogens with zero attached hydrogens (tertiary/aromatic N) is 1. The molecule has 0 heterocycles. The van der Waals surface area contributed by atoms with Gasteiger partial charge in [-0.2, -0.15) is 0 Å². The molecule has 0 saturated carbocycles. The molecule has 0 atom stereocenters. The zero-order chi connectivity index (χ0) is 26.8. The van der Waals surface area contributed by atoms with Gasteiger partial charge in [0.05, 0.1) is 104 Å². The van der Waals surface area contributed by atoms with Crippen LogP contribution in [-0.2, 0) is 37.9 Å². The second kappa shape index (κ2) is 23.9. The molecule has 0 fully saturated rings. The van der Waals surface area contributed by atoms with Crippen LogP contribution in [0.25, 0.3) is 0 Å². The summed E-state index contributed by atoms with van der Waals surface area (Å²) < 4.78 is 46.9. The number of nitro benzene ring substituents is 1. The lowest BCUT2D eigenvalue weighted by Gasteiger charge is -2.08. The number of non-ortho nitro benzene ring substituents is 1. The molecule has 1 aromatic rings. The summed E-state index contributed by atoms with van der Waals surface area (Å²) in [6.45, 7) is 5.74. The van der Waals surface area contributed by atoms with Gasteiger partial charge >= 0.3 is 6.16 Å². The highest BCUT2D eigenvalue weighted by Gasteiger charge is 2.09. The molecular weight excluding hydrogens is 498 g/mol. The van der Waals surface area contributed by atoms with E-state index in [-0.39, 0.29) is 31.3 Å². The SMILES string of the molecule is O=C(OCCOCCOCCOCCOCCOCCOCCOCCO)Oc1ccc([N+](=O)[O-])cc1. The Morgan fingerprint density at radius 2 is 0.973 bits per heavy atom. The van der Waals surface area contributed by atoms with Gasteiger partial charge in [0, 0.05) is 12.1 Å². The normalized spacial score (nSPS) is 10.9. The Morgan fingerprint density at radius 1 is 0.622 bits per heavy atom. The minimum Gasteiger partial charge on any atom is -0.432 e. The molecule has 0 saturated heterocycles. The number of ether oxygens (including phenoxy) is 9. The number of nitro groups is 1. The lowest BCUT2D eigenvalue weighted by atomic mass is 10.3. The second-order valence-corrected chi connectivity index (χ2v) is 6.96. The summed E-state index contributed by atoms with van der Waals surface area (Å²) >= 11 is 0. The third-order valence-electron chi connectivity index (χ3n) is 4.16. The molecular formula is C23H37NO13. The van der Waals surface area contributed by atoms with E-state index in [9.17, 15) is 14.9 Å². The van der Waals surface area contributed by atoms with Crippen LogP contribution in [-0.4, -0.2) is 122 Å². The Balaban J connectivity index is 1.75. The molecule has 1 N–H and O–H groups in total. The van der Waals surface area contributed by atoms with Gasteiger partial charge in [0.2, 0.25) is 0 Å². The number of carbonyl (C=O) groups is 1. The predicted molar refractivity (Wildman–Crippen MR) is 128 cm³/mol. The van der Waals surface area contributed by atoms with Gasteiger partial charge in [-0.05, 0) is 12.1 Å². The molecule has 0 unspecified atom stereocenters. The van der Waals surface area contributed by atoms with Gasteiger partial charge < -0.3 is 47.7 Å². The molecule has 0 aliphatic rings. The highest BCUT2D eigenvalue weighted by molar-refractivity contribution is 5.63. The second-order valence-electron chi connectivity index (χ2n) is 6.96. The molecule has 14 nitrogen and oxygen atoms in total. The first-order valence-electron chi connectivity index (χ1n) is 11.9. The lowest BCUT2D eigenvalue weighted by Crippen LogP contribution is -2.16. The van der Waals surface area contributed by atoms with Crippen molar-refractivity contribution >= 4 is 11.8 Å². The van der Waals surface area contributed by atoms with Crippen LogP contribution in [0.1, 0.15) is 0 Å². The largest absolute Gasteiger partial charge is 0.513 e. The number of hydrogen-bond acceptors (Lipinski definition) is 13. The van der Waals surface area contributed by atoms with Crippen LogP contribution in [0.15, 0.2) is 24.3 Å². The first-order valence-corrected chi connectivity index (χ1v) is 11.9. The maximum Gasteiger partial charge on any atom is 0.513 e. The number of rotatable bonds is 25. The smallest absolute Gasteiger partial charge is 0.432 e. The highest BCUT2D eigenvalue weighted by atomic mass is 16.7. The molecule has 0 bridgehead atoms. The van der Waals surface area contributed by atoms with Crippen molar-refractivity contribution in [3.8, 4) is 5.75 Å². The topological polar surface area (TPSA) is 164 Å². The standard InChI is InChI=1S/C23H37NO13/c25-5-6-29-7-8-30-9-10-31-11-12-32-13-14-33-15-16-34-17-18-35-19-20-36-23(26)37-22-3-1-21(2-4-22)24(27)28/h1-4,25H,5-20H2. The van der Waals surface area contributed by atoms with Crippen LogP contribution in [0.4, 0.5) is 10.5 Å². The summed E-state index contributed by atoms with van der Waals surface area (Å²) in [7, 11) is 0. The van der Waals surface area contributed by atoms with Crippen LogP contribution < -0.4 is 4.74 Å². The molecule has 0 spiro atoms. The monoisotopic (exact) mass is 535 g/mol. The molecule has 37 heavy (non-hydrogen) atoms. The fourth-order valence-corrected chi connectivity index (χ4v) is 2.43. The third kappa shape index (κ3) is 20.3. The van der Waals surface area contributed by atoms with E-state index in [2.05, 4.69) is 0 Å². The van der Waals surface area contributed by atoms with Crippen molar-refractivity contribution in [3.05, 3.63) is 34.4 Å². The van der Waals surface area contributed by atoms with Gasteiger partial charge in [-0.25, -0.2) is 4.79 Å². The fourth-order valence-electron chi connectivity index (χ4n) is 2.43. The summed E-state index contributed by atoms with van der Waals surface area (Å²) in [6, 6.07) is 5.06. The molecule has 0 amide bonds. The summed E-state index contributed by atoms with van der Waals surface area (Å²) in [6.07, 6.45) is -0.926. The maximum absolute atomic E-state index is 11.5.